The highest BCUT2D eigenvalue weighted by molar-refractivity contribution is 5.88. The number of fused-ring (bicyclic) bond motifs is 4. The fraction of sp³-hybridized carbons (Fsp3) is 0.0952. The van der Waals surface area contributed by atoms with Crippen molar-refractivity contribution in [3.8, 4) is 17.4 Å². The van der Waals surface area contributed by atoms with Crippen molar-refractivity contribution in [3.05, 3.63) is 81.9 Å². The van der Waals surface area contributed by atoms with Crippen LogP contribution in [-0.2, 0) is 0 Å². The van der Waals surface area contributed by atoms with E-state index in [-0.39, 0.29) is 17.6 Å². The second-order valence-corrected chi connectivity index (χ2v) is 6.54. The van der Waals surface area contributed by atoms with Crippen LogP contribution in [0.3, 0.4) is 0 Å². The number of H-pyrrole nitrogens is 1. The maximum Gasteiger partial charge on any atom is 0.349 e. The molecule has 138 valence electrons. The number of methoxy groups -OCH3 is 1. The second-order valence-electron chi connectivity index (χ2n) is 6.54. The Morgan fingerprint density at radius 3 is 2.75 bits per heavy atom. The zero-order valence-electron chi connectivity index (χ0n) is 15.0. The van der Waals surface area contributed by atoms with Gasteiger partial charge < -0.3 is 15.2 Å². The Morgan fingerprint density at radius 1 is 1.14 bits per heavy atom. The molecule has 1 unspecified atom stereocenters. The van der Waals surface area contributed by atoms with Gasteiger partial charge in [-0.15, -0.1) is 0 Å². The largest absolute Gasteiger partial charge is 0.497 e. The number of nitrogen functional groups attached to an aromatic ring is 1. The minimum absolute atomic E-state index is 0.214. The van der Waals surface area contributed by atoms with E-state index in [1.54, 1.807) is 13.3 Å². The summed E-state index contributed by atoms with van der Waals surface area (Å²) >= 11 is 0. The summed E-state index contributed by atoms with van der Waals surface area (Å²) in [7, 11) is 1.62. The first-order valence-corrected chi connectivity index (χ1v) is 8.75. The van der Waals surface area contributed by atoms with Crippen molar-refractivity contribution in [1.29, 1.82) is 0 Å². The van der Waals surface area contributed by atoms with Crippen LogP contribution in [0.5, 0.6) is 17.4 Å². The number of pyridine rings is 1. The molecule has 0 spiro atoms. The fourth-order valence-electron chi connectivity index (χ4n) is 3.71. The van der Waals surface area contributed by atoms with Crippen molar-refractivity contribution in [2.75, 3.05) is 12.8 Å². The summed E-state index contributed by atoms with van der Waals surface area (Å²) in [6, 6.07) is 15.4. The first-order valence-electron chi connectivity index (χ1n) is 8.75. The van der Waals surface area contributed by atoms with E-state index < -0.39 is 5.69 Å². The molecule has 28 heavy (non-hydrogen) atoms. The zero-order valence-corrected chi connectivity index (χ0v) is 15.0. The molecular formula is C21H16N4O3. The number of nitrogens with zero attached hydrogens (tertiary/aromatic N) is 2. The summed E-state index contributed by atoms with van der Waals surface area (Å²) in [4.78, 5) is 22.9. The standard InChI is InChI=1S/C21H16N4O3/c1-27-12-6-4-11(5-7-12)16-14-8-9-15-13(3-2-10-23-15)18(14)28-20-17(16)19(22)24-21(26)25-20/h2-10,16H,1H3,(H3,22,24,25,26). The number of nitrogens with one attached hydrogen (secondary N) is 1. The number of hydrogen-bond donors (Lipinski definition) is 2. The van der Waals surface area contributed by atoms with Gasteiger partial charge in [-0.3, -0.25) is 9.97 Å². The van der Waals surface area contributed by atoms with Gasteiger partial charge in [0.05, 0.1) is 18.2 Å². The topological polar surface area (TPSA) is 103 Å². The zero-order chi connectivity index (χ0) is 19.3. The van der Waals surface area contributed by atoms with Gasteiger partial charge in [0.2, 0.25) is 5.88 Å². The molecule has 0 fully saturated rings. The third-order valence-electron chi connectivity index (χ3n) is 4.98. The van der Waals surface area contributed by atoms with Gasteiger partial charge in [0.25, 0.3) is 0 Å². The molecule has 7 heteroatoms. The van der Waals surface area contributed by atoms with Crippen LogP contribution in [0, 0.1) is 0 Å². The van der Waals surface area contributed by atoms with Crippen molar-refractivity contribution in [2.24, 2.45) is 0 Å². The van der Waals surface area contributed by atoms with Crippen LogP contribution in [0.25, 0.3) is 10.9 Å². The summed E-state index contributed by atoms with van der Waals surface area (Å²) < 4.78 is 11.3. The molecule has 3 heterocycles. The van der Waals surface area contributed by atoms with Crippen LogP contribution in [0.2, 0.25) is 0 Å². The molecule has 3 N–H and O–H groups in total. The van der Waals surface area contributed by atoms with Gasteiger partial charge in [0.15, 0.2) is 0 Å². The summed E-state index contributed by atoms with van der Waals surface area (Å²) in [6.45, 7) is 0. The summed E-state index contributed by atoms with van der Waals surface area (Å²) in [5.74, 6) is 1.60. The molecule has 0 radical (unpaired) electrons. The Kier molecular flexibility index (Phi) is 3.55. The Bertz CT molecular complexity index is 1270. The Labute approximate surface area is 159 Å². The number of hydrogen-bond acceptors (Lipinski definition) is 6. The number of ether oxygens (including phenoxy) is 2. The summed E-state index contributed by atoms with van der Waals surface area (Å²) in [5.41, 5.74) is 8.99. The van der Waals surface area contributed by atoms with E-state index in [9.17, 15) is 4.79 Å². The van der Waals surface area contributed by atoms with Gasteiger partial charge in [-0.2, -0.15) is 4.98 Å². The predicted octanol–water partition coefficient (Wildman–Crippen LogP) is 3.19. The molecule has 1 atom stereocenters. The maximum atomic E-state index is 11.9. The molecule has 7 nitrogen and oxygen atoms in total. The number of aromatic amines is 1. The van der Waals surface area contributed by atoms with Gasteiger partial charge in [-0.05, 0) is 35.9 Å². The molecule has 2 aromatic carbocycles. The highest BCUT2D eigenvalue weighted by Gasteiger charge is 2.33. The first kappa shape index (κ1) is 16.3. The Hall–Kier alpha value is -3.87. The van der Waals surface area contributed by atoms with Crippen molar-refractivity contribution < 1.29 is 9.47 Å². The van der Waals surface area contributed by atoms with E-state index in [2.05, 4.69) is 15.0 Å². The van der Waals surface area contributed by atoms with Crippen LogP contribution >= 0.6 is 0 Å². The summed E-state index contributed by atoms with van der Waals surface area (Å²) in [5, 5.41) is 0.852. The molecule has 0 amide bonds. The van der Waals surface area contributed by atoms with Gasteiger partial charge in [0, 0.05) is 23.1 Å². The maximum absolute atomic E-state index is 11.9. The van der Waals surface area contributed by atoms with Gasteiger partial charge in [-0.1, -0.05) is 18.2 Å². The lowest BCUT2D eigenvalue weighted by Gasteiger charge is -2.29. The molecule has 2 aromatic heterocycles. The van der Waals surface area contributed by atoms with E-state index in [1.165, 1.54) is 0 Å². The lowest BCUT2D eigenvalue weighted by atomic mass is 9.83. The number of rotatable bonds is 2. The Morgan fingerprint density at radius 2 is 1.96 bits per heavy atom. The second kappa shape index (κ2) is 6.09. The lowest BCUT2D eigenvalue weighted by Crippen LogP contribution is -2.22. The first-order chi connectivity index (χ1) is 13.7. The van der Waals surface area contributed by atoms with Crippen LogP contribution in [0.4, 0.5) is 5.82 Å². The molecule has 0 saturated heterocycles. The van der Waals surface area contributed by atoms with E-state index in [0.717, 1.165) is 27.8 Å². The van der Waals surface area contributed by atoms with E-state index >= 15 is 0 Å². The average molecular weight is 372 g/mol. The number of aromatic nitrogens is 3. The quantitative estimate of drug-likeness (QED) is 0.493. The molecule has 1 aliphatic heterocycles. The third-order valence-corrected chi connectivity index (χ3v) is 4.98. The fourth-order valence-corrected chi connectivity index (χ4v) is 3.71. The Balaban J connectivity index is 1.82. The molecule has 1 aliphatic rings. The van der Waals surface area contributed by atoms with E-state index in [1.807, 2.05) is 48.5 Å². The predicted molar refractivity (Wildman–Crippen MR) is 105 cm³/mol. The number of nitrogens with two attached hydrogens (primary N) is 1. The summed E-state index contributed by atoms with van der Waals surface area (Å²) in [6.07, 6.45) is 1.73. The van der Waals surface area contributed by atoms with Gasteiger partial charge >= 0.3 is 5.69 Å². The van der Waals surface area contributed by atoms with Crippen molar-refractivity contribution in [1.82, 2.24) is 15.0 Å². The van der Waals surface area contributed by atoms with Crippen LogP contribution in [-0.4, -0.2) is 22.1 Å². The molecule has 0 saturated carbocycles. The van der Waals surface area contributed by atoms with Gasteiger partial charge in [-0.25, -0.2) is 4.79 Å². The average Bonchev–Trinajstić information content (AvgIpc) is 2.72. The monoisotopic (exact) mass is 372 g/mol. The molecule has 0 bridgehead atoms. The normalized spacial score (nSPS) is 14.8. The van der Waals surface area contributed by atoms with Crippen LogP contribution in [0.15, 0.2) is 59.5 Å². The van der Waals surface area contributed by atoms with Crippen molar-refractivity contribution in [3.63, 3.8) is 0 Å². The van der Waals surface area contributed by atoms with E-state index in [4.69, 9.17) is 15.2 Å². The minimum atomic E-state index is -0.549. The van der Waals surface area contributed by atoms with Gasteiger partial charge in [0.1, 0.15) is 17.3 Å². The van der Waals surface area contributed by atoms with E-state index in [0.29, 0.717) is 11.3 Å². The smallest absolute Gasteiger partial charge is 0.349 e. The SMILES string of the molecule is COc1ccc(C2c3ccc4ncccc4c3Oc3nc(=O)[nH]c(N)c32)cc1. The van der Waals surface area contributed by atoms with Crippen molar-refractivity contribution in [2.45, 2.75) is 5.92 Å². The van der Waals surface area contributed by atoms with Crippen molar-refractivity contribution >= 4 is 16.7 Å². The third kappa shape index (κ3) is 2.40. The minimum Gasteiger partial charge on any atom is -0.497 e. The van der Waals surface area contributed by atoms with Crippen LogP contribution in [0.1, 0.15) is 22.6 Å². The highest BCUT2D eigenvalue weighted by Crippen LogP contribution is 2.50. The molecular weight excluding hydrogens is 356 g/mol. The highest BCUT2D eigenvalue weighted by atomic mass is 16.5. The molecule has 0 aliphatic carbocycles. The molecule has 4 aromatic rings. The van der Waals surface area contributed by atoms with Crippen LogP contribution < -0.4 is 20.9 Å². The number of benzene rings is 2. The number of anilines is 1. The molecule has 5 rings (SSSR count). The lowest BCUT2D eigenvalue weighted by molar-refractivity contribution is 0.414.